The second-order valence-electron chi connectivity index (χ2n) is 6.76. The molecule has 0 aromatic heterocycles. The highest BCUT2D eigenvalue weighted by atomic mass is 14.9. The van der Waals surface area contributed by atoms with E-state index in [0.717, 1.165) is 0 Å². The van der Waals surface area contributed by atoms with E-state index in [0.29, 0.717) is 17.5 Å². The SMILES string of the molecule is Cc1cccc([C@@H](C)NC2CCCC(C)(C)C2)c1. The Balaban J connectivity index is 1.97. The van der Waals surface area contributed by atoms with Crippen LogP contribution in [0.5, 0.6) is 0 Å². The summed E-state index contributed by atoms with van der Waals surface area (Å²) >= 11 is 0. The maximum Gasteiger partial charge on any atom is 0.0294 e. The van der Waals surface area contributed by atoms with Crippen LogP contribution in [0.25, 0.3) is 0 Å². The van der Waals surface area contributed by atoms with Crippen molar-refractivity contribution in [3.63, 3.8) is 0 Å². The van der Waals surface area contributed by atoms with Gasteiger partial charge in [0.2, 0.25) is 0 Å². The predicted molar refractivity (Wildman–Crippen MR) is 78.8 cm³/mol. The summed E-state index contributed by atoms with van der Waals surface area (Å²) in [7, 11) is 0. The van der Waals surface area contributed by atoms with E-state index in [1.54, 1.807) is 0 Å². The summed E-state index contributed by atoms with van der Waals surface area (Å²) in [5.41, 5.74) is 3.28. The van der Waals surface area contributed by atoms with Crippen LogP contribution < -0.4 is 5.32 Å². The Bertz CT molecular complexity index is 394. The fourth-order valence-electron chi connectivity index (χ4n) is 3.23. The van der Waals surface area contributed by atoms with Gasteiger partial charge in [0.25, 0.3) is 0 Å². The van der Waals surface area contributed by atoms with Gasteiger partial charge in [-0.15, -0.1) is 0 Å². The summed E-state index contributed by atoms with van der Waals surface area (Å²) in [6.07, 6.45) is 5.39. The quantitative estimate of drug-likeness (QED) is 0.819. The molecule has 1 nitrogen and oxygen atoms in total. The molecule has 2 rings (SSSR count). The van der Waals surface area contributed by atoms with Crippen LogP contribution in [0.3, 0.4) is 0 Å². The van der Waals surface area contributed by atoms with E-state index in [2.05, 4.69) is 57.3 Å². The Labute approximate surface area is 112 Å². The molecule has 1 aromatic carbocycles. The highest BCUT2D eigenvalue weighted by molar-refractivity contribution is 5.24. The van der Waals surface area contributed by atoms with E-state index in [4.69, 9.17) is 0 Å². The zero-order valence-electron chi connectivity index (χ0n) is 12.3. The Morgan fingerprint density at radius 3 is 2.78 bits per heavy atom. The van der Waals surface area contributed by atoms with E-state index in [1.807, 2.05) is 0 Å². The van der Waals surface area contributed by atoms with Crippen molar-refractivity contribution in [2.24, 2.45) is 5.41 Å². The van der Waals surface area contributed by atoms with Gasteiger partial charge in [-0.05, 0) is 44.1 Å². The molecule has 100 valence electrons. The van der Waals surface area contributed by atoms with Gasteiger partial charge >= 0.3 is 0 Å². The first-order chi connectivity index (χ1) is 8.46. The lowest BCUT2D eigenvalue weighted by atomic mass is 9.75. The molecule has 0 amide bonds. The lowest BCUT2D eigenvalue weighted by molar-refractivity contribution is 0.191. The Morgan fingerprint density at radius 1 is 1.33 bits per heavy atom. The third-order valence-electron chi connectivity index (χ3n) is 4.23. The van der Waals surface area contributed by atoms with Gasteiger partial charge in [-0.2, -0.15) is 0 Å². The van der Waals surface area contributed by atoms with Crippen molar-refractivity contribution < 1.29 is 0 Å². The molecule has 2 atom stereocenters. The number of hydrogen-bond acceptors (Lipinski definition) is 1. The minimum absolute atomic E-state index is 0.462. The number of benzene rings is 1. The molecule has 0 bridgehead atoms. The molecule has 1 unspecified atom stereocenters. The van der Waals surface area contributed by atoms with Gasteiger partial charge in [0.05, 0.1) is 0 Å². The van der Waals surface area contributed by atoms with Crippen LogP contribution >= 0.6 is 0 Å². The van der Waals surface area contributed by atoms with Crippen molar-refractivity contribution in [2.75, 3.05) is 0 Å². The first-order valence-electron chi connectivity index (χ1n) is 7.29. The lowest BCUT2D eigenvalue weighted by Gasteiger charge is -2.37. The van der Waals surface area contributed by atoms with Gasteiger partial charge < -0.3 is 5.32 Å². The molecule has 18 heavy (non-hydrogen) atoms. The van der Waals surface area contributed by atoms with Crippen LogP contribution in [-0.2, 0) is 0 Å². The normalized spacial score (nSPS) is 24.8. The van der Waals surface area contributed by atoms with E-state index in [9.17, 15) is 0 Å². The lowest BCUT2D eigenvalue weighted by Crippen LogP contribution is -2.38. The Hall–Kier alpha value is -0.820. The molecule has 1 saturated carbocycles. The molecule has 1 aliphatic rings. The van der Waals surface area contributed by atoms with Gasteiger partial charge in [0.15, 0.2) is 0 Å². The maximum atomic E-state index is 3.82. The molecule has 0 saturated heterocycles. The third-order valence-corrected chi connectivity index (χ3v) is 4.23. The van der Waals surface area contributed by atoms with Crippen molar-refractivity contribution in [2.45, 2.75) is 65.5 Å². The van der Waals surface area contributed by atoms with Crippen molar-refractivity contribution in [1.29, 1.82) is 0 Å². The number of hydrogen-bond donors (Lipinski definition) is 1. The van der Waals surface area contributed by atoms with E-state index in [-0.39, 0.29) is 0 Å². The molecular weight excluding hydrogens is 218 g/mol. The van der Waals surface area contributed by atoms with Gasteiger partial charge in [-0.3, -0.25) is 0 Å². The molecule has 0 spiro atoms. The molecule has 1 aromatic rings. The van der Waals surface area contributed by atoms with Gasteiger partial charge in [0, 0.05) is 12.1 Å². The van der Waals surface area contributed by atoms with Crippen LogP contribution in [0.1, 0.15) is 63.6 Å². The fraction of sp³-hybridized carbons (Fsp3) is 0.647. The van der Waals surface area contributed by atoms with E-state index >= 15 is 0 Å². The second kappa shape index (κ2) is 5.44. The van der Waals surface area contributed by atoms with Crippen molar-refractivity contribution >= 4 is 0 Å². The average Bonchev–Trinajstić information content (AvgIpc) is 2.27. The van der Waals surface area contributed by atoms with Crippen LogP contribution in [0.15, 0.2) is 24.3 Å². The zero-order valence-corrected chi connectivity index (χ0v) is 12.3. The minimum atomic E-state index is 0.462. The predicted octanol–water partition coefficient (Wildman–Crippen LogP) is 4.61. The first-order valence-corrected chi connectivity index (χ1v) is 7.29. The van der Waals surface area contributed by atoms with E-state index in [1.165, 1.54) is 36.8 Å². The molecular formula is C17H27N. The summed E-state index contributed by atoms with van der Waals surface area (Å²) in [6.45, 7) is 9.26. The summed E-state index contributed by atoms with van der Waals surface area (Å²) in [4.78, 5) is 0. The van der Waals surface area contributed by atoms with Gasteiger partial charge in [0.1, 0.15) is 0 Å². The molecule has 1 aliphatic carbocycles. The fourth-order valence-corrected chi connectivity index (χ4v) is 3.23. The Kier molecular flexibility index (Phi) is 4.11. The smallest absolute Gasteiger partial charge is 0.0294 e. The number of aryl methyl sites for hydroxylation is 1. The second-order valence-corrected chi connectivity index (χ2v) is 6.76. The largest absolute Gasteiger partial charge is 0.307 e. The average molecular weight is 245 g/mol. The van der Waals surface area contributed by atoms with Gasteiger partial charge in [-0.1, -0.05) is 50.1 Å². The third kappa shape index (κ3) is 3.58. The number of nitrogens with one attached hydrogen (secondary N) is 1. The summed E-state index contributed by atoms with van der Waals surface area (Å²) in [5, 5.41) is 3.82. The van der Waals surface area contributed by atoms with Crippen LogP contribution in [0, 0.1) is 12.3 Å². The molecule has 1 fully saturated rings. The molecule has 1 heteroatoms. The monoisotopic (exact) mass is 245 g/mol. The van der Waals surface area contributed by atoms with Crippen LogP contribution in [0.4, 0.5) is 0 Å². The minimum Gasteiger partial charge on any atom is -0.307 e. The number of rotatable bonds is 3. The summed E-state index contributed by atoms with van der Waals surface area (Å²) in [6, 6.07) is 10.0. The molecule has 0 heterocycles. The molecule has 0 radical (unpaired) electrons. The topological polar surface area (TPSA) is 12.0 Å². The first kappa shape index (κ1) is 13.6. The molecule has 0 aliphatic heterocycles. The highest BCUT2D eigenvalue weighted by Crippen LogP contribution is 2.35. The summed E-state index contributed by atoms with van der Waals surface area (Å²) < 4.78 is 0. The Morgan fingerprint density at radius 2 is 2.11 bits per heavy atom. The van der Waals surface area contributed by atoms with Gasteiger partial charge in [-0.25, -0.2) is 0 Å². The van der Waals surface area contributed by atoms with E-state index < -0.39 is 0 Å². The van der Waals surface area contributed by atoms with Crippen LogP contribution in [0.2, 0.25) is 0 Å². The van der Waals surface area contributed by atoms with Crippen LogP contribution in [-0.4, -0.2) is 6.04 Å². The van der Waals surface area contributed by atoms with Crippen molar-refractivity contribution in [3.05, 3.63) is 35.4 Å². The zero-order chi connectivity index (χ0) is 13.2. The standard InChI is InChI=1S/C17H27N/c1-13-7-5-8-15(11-13)14(2)18-16-9-6-10-17(3,4)12-16/h5,7-8,11,14,16,18H,6,9-10,12H2,1-4H3/t14-,16?/m1/s1. The highest BCUT2D eigenvalue weighted by Gasteiger charge is 2.28. The van der Waals surface area contributed by atoms with Crippen molar-refractivity contribution in [1.82, 2.24) is 5.32 Å². The molecule has 1 N–H and O–H groups in total. The van der Waals surface area contributed by atoms with Crippen molar-refractivity contribution in [3.8, 4) is 0 Å². The maximum absolute atomic E-state index is 3.82. The summed E-state index contributed by atoms with van der Waals surface area (Å²) in [5.74, 6) is 0.